The van der Waals surface area contributed by atoms with Crippen molar-refractivity contribution in [3.8, 4) is 0 Å². The van der Waals surface area contributed by atoms with E-state index in [-0.39, 0.29) is 17.2 Å². The lowest BCUT2D eigenvalue weighted by molar-refractivity contribution is 0.0368. The molecule has 1 amide bonds. The van der Waals surface area contributed by atoms with Crippen LogP contribution < -0.4 is 0 Å². The number of likely N-dealkylation sites (tertiary alicyclic amines) is 2. The van der Waals surface area contributed by atoms with Crippen molar-refractivity contribution in [3.63, 3.8) is 0 Å². The third-order valence-electron chi connectivity index (χ3n) is 6.77. The Morgan fingerprint density at radius 1 is 1.28 bits per heavy atom. The molecule has 29 heavy (non-hydrogen) atoms. The Labute approximate surface area is 170 Å². The molecular formula is C20H28N6O3. The van der Waals surface area contributed by atoms with Gasteiger partial charge >= 0.3 is 0 Å². The monoisotopic (exact) mass is 400 g/mol. The number of carbonyl (C=O) groups excluding carboxylic acids is 1. The number of hydrogen-bond acceptors (Lipinski definition) is 7. The summed E-state index contributed by atoms with van der Waals surface area (Å²) in [6.07, 6.45) is 3.97. The minimum atomic E-state index is -0.303. The molecule has 2 aromatic rings. The number of aryl methyl sites for hydroxylation is 2. The number of aromatic nitrogens is 4. The minimum Gasteiger partial charge on any atom is -0.381 e. The molecule has 0 saturated carbocycles. The van der Waals surface area contributed by atoms with Crippen LogP contribution in [0.15, 0.2) is 16.8 Å². The number of carbonyl (C=O) groups is 1. The van der Waals surface area contributed by atoms with E-state index in [1.165, 1.54) is 0 Å². The highest BCUT2D eigenvalue weighted by atomic mass is 16.5. The van der Waals surface area contributed by atoms with Gasteiger partial charge in [0.15, 0.2) is 5.82 Å². The lowest BCUT2D eigenvalue weighted by atomic mass is 9.81. The topological polar surface area (TPSA) is 89.5 Å². The van der Waals surface area contributed by atoms with Crippen molar-refractivity contribution in [2.45, 2.75) is 44.7 Å². The third kappa shape index (κ3) is 3.16. The molecule has 5 rings (SSSR count). The lowest BCUT2D eigenvalue weighted by Gasteiger charge is -2.33. The van der Waals surface area contributed by atoms with Crippen molar-refractivity contribution >= 4 is 5.91 Å². The molecule has 3 aliphatic rings. The summed E-state index contributed by atoms with van der Waals surface area (Å²) in [5.74, 6) is 1.58. The van der Waals surface area contributed by atoms with Crippen molar-refractivity contribution in [2.24, 2.45) is 5.92 Å². The Morgan fingerprint density at radius 2 is 2.10 bits per heavy atom. The maximum absolute atomic E-state index is 13.1. The van der Waals surface area contributed by atoms with Gasteiger partial charge in [-0.25, -0.2) is 0 Å². The van der Waals surface area contributed by atoms with E-state index in [1.807, 2.05) is 24.9 Å². The highest BCUT2D eigenvalue weighted by Gasteiger charge is 2.58. The van der Waals surface area contributed by atoms with Crippen molar-refractivity contribution < 1.29 is 14.1 Å². The fraction of sp³-hybridized carbons (Fsp3) is 0.700. The summed E-state index contributed by atoms with van der Waals surface area (Å²) in [7, 11) is 0. The molecule has 156 valence electrons. The molecule has 0 N–H and O–H groups in total. The highest BCUT2D eigenvalue weighted by molar-refractivity contribution is 5.92. The molecule has 3 aliphatic heterocycles. The van der Waals surface area contributed by atoms with Crippen LogP contribution in [0.3, 0.4) is 0 Å². The predicted molar refractivity (Wildman–Crippen MR) is 103 cm³/mol. The fourth-order valence-electron chi connectivity index (χ4n) is 5.20. The van der Waals surface area contributed by atoms with Gasteiger partial charge in [0, 0.05) is 64.1 Å². The molecule has 2 aromatic heterocycles. The lowest BCUT2D eigenvalue weighted by Crippen LogP contribution is -2.44. The van der Waals surface area contributed by atoms with Crippen LogP contribution in [0.4, 0.5) is 0 Å². The summed E-state index contributed by atoms with van der Waals surface area (Å²) in [5.41, 5.74) is 0.202. The predicted octanol–water partition coefficient (Wildman–Crippen LogP) is 1.10. The second-order valence-corrected chi connectivity index (χ2v) is 8.52. The Balaban J connectivity index is 1.41. The van der Waals surface area contributed by atoms with Gasteiger partial charge < -0.3 is 14.2 Å². The van der Waals surface area contributed by atoms with E-state index >= 15 is 0 Å². The average Bonchev–Trinajstić information content (AvgIpc) is 3.50. The summed E-state index contributed by atoms with van der Waals surface area (Å²) in [6.45, 7) is 9.33. The number of amides is 1. The zero-order valence-electron chi connectivity index (χ0n) is 17.1. The molecule has 0 radical (unpaired) electrons. The van der Waals surface area contributed by atoms with Crippen molar-refractivity contribution in [3.05, 3.63) is 29.7 Å². The largest absolute Gasteiger partial charge is 0.381 e. The van der Waals surface area contributed by atoms with E-state index in [9.17, 15) is 4.79 Å². The van der Waals surface area contributed by atoms with Gasteiger partial charge in [-0.2, -0.15) is 10.1 Å². The van der Waals surface area contributed by atoms with Crippen molar-refractivity contribution in [1.29, 1.82) is 0 Å². The average molecular weight is 400 g/mol. The van der Waals surface area contributed by atoms with Crippen LogP contribution in [0.5, 0.6) is 0 Å². The highest BCUT2D eigenvalue weighted by Crippen LogP contribution is 2.45. The van der Waals surface area contributed by atoms with Crippen LogP contribution in [0.25, 0.3) is 0 Å². The van der Waals surface area contributed by atoms with Gasteiger partial charge in [0.2, 0.25) is 5.89 Å². The molecule has 0 aromatic carbocycles. The molecule has 3 fully saturated rings. The van der Waals surface area contributed by atoms with Gasteiger partial charge in [0.1, 0.15) is 5.69 Å². The van der Waals surface area contributed by atoms with E-state index in [4.69, 9.17) is 9.26 Å². The van der Waals surface area contributed by atoms with Crippen LogP contribution in [0, 0.1) is 12.8 Å². The summed E-state index contributed by atoms with van der Waals surface area (Å²) in [5, 5.41) is 8.46. The molecule has 5 heterocycles. The van der Waals surface area contributed by atoms with Crippen LogP contribution >= 0.6 is 0 Å². The molecule has 2 atom stereocenters. The SMILES string of the molecule is CCn1ccc(C(=O)N2C[C@H]3CN(C4CCOCC4)C[C@@]3(c3nc(C)no3)C2)n1. The zero-order chi connectivity index (χ0) is 20.0. The van der Waals surface area contributed by atoms with E-state index in [0.717, 1.165) is 45.7 Å². The molecule has 9 nitrogen and oxygen atoms in total. The number of rotatable bonds is 4. The van der Waals surface area contributed by atoms with Gasteiger partial charge in [-0.05, 0) is 32.8 Å². The Kier molecular flexibility index (Phi) is 4.66. The van der Waals surface area contributed by atoms with Crippen LogP contribution in [-0.4, -0.2) is 81.1 Å². The molecule has 0 bridgehead atoms. The van der Waals surface area contributed by atoms with Crippen LogP contribution in [-0.2, 0) is 16.7 Å². The Bertz CT molecular complexity index is 888. The first-order chi connectivity index (χ1) is 14.1. The second kappa shape index (κ2) is 7.21. The van der Waals surface area contributed by atoms with E-state index < -0.39 is 0 Å². The molecule has 9 heteroatoms. The number of ether oxygens (including phenoxy) is 1. The zero-order valence-corrected chi connectivity index (χ0v) is 17.1. The van der Waals surface area contributed by atoms with E-state index in [1.54, 1.807) is 10.7 Å². The van der Waals surface area contributed by atoms with Gasteiger partial charge in [0.05, 0.1) is 5.41 Å². The normalized spacial score (nSPS) is 28.2. The fourth-order valence-corrected chi connectivity index (χ4v) is 5.20. The summed E-state index contributed by atoms with van der Waals surface area (Å²) >= 11 is 0. The molecule has 0 aliphatic carbocycles. The first-order valence-electron chi connectivity index (χ1n) is 10.5. The van der Waals surface area contributed by atoms with Gasteiger partial charge in [-0.3, -0.25) is 14.4 Å². The number of nitrogens with zero attached hydrogens (tertiary/aromatic N) is 6. The maximum atomic E-state index is 13.1. The third-order valence-corrected chi connectivity index (χ3v) is 6.77. The number of fused-ring (bicyclic) bond motifs is 1. The smallest absolute Gasteiger partial charge is 0.274 e. The quantitative estimate of drug-likeness (QED) is 0.759. The van der Waals surface area contributed by atoms with Crippen LogP contribution in [0.2, 0.25) is 0 Å². The molecular weight excluding hydrogens is 372 g/mol. The summed E-state index contributed by atoms with van der Waals surface area (Å²) in [6, 6.07) is 2.33. The summed E-state index contributed by atoms with van der Waals surface area (Å²) < 4.78 is 13.0. The second-order valence-electron chi connectivity index (χ2n) is 8.52. The number of hydrogen-bond donors (Lipinski definition) is 0. The van der Waals surface area contributed by atoms with E-state index in [2.05, 4.69) is 20.1 Å². The van der Waals surface area contributed by atoms with Gasteiger partial charge in [-0.15, -0.1) is 0 Å². The molecule has 3 saturated heterocycles. The first kappa shape index (κ1) is 18.7. The molecule has 0 unspecified atom stereocenters. The maximum Gasteiger partial charge on any atom is 0.274 e. The Morgan fingerprint density at radius 3 is 2.79 bits per heavy atom. The van der Waals surface area contributed by atoms with Gasteiger partial charge in [0.25, 0.3) is 5.91 Å². The van der Waals surface area contributed by atoms with Gasteiger partial charge in [-0.1, -0.05) is 5.16 Å². The summed E-state index contributed by atoms with van der Waals surface area (Å²) in [4.78, 5) is 22.2. The minimum absolute atomic E-state index is 0.0140. The van der Waals surface area contributed by atoms with Crippen molar-refractivity contribution in [1.82, 2.24) is 29.7 Å². The van der Waals surface area contributed by atoms with Crippen molar-refractivity contribution in [2.75, 3.05) is 39.4 Å². The molecule has 0 spiro atoms. The first-order valence-corrected chi connectivity index (χ1v) is 10.5. The van der Waals surface area contributed by atoms with Crippen LogP contribution in [0.1, 0.15) is 42.0 Å². The van der Waals surface area contributed by atoms with E-state index in [0.29, 0.717) is 36.5 Å². The standard InChI is InChI=1S/C20H28N6O3/c1-3-26-7-4-17(22-26)18(27)25-11-15-10-24(16-5-8-28-9-6-16)12-20(15,13-25)19-21-14(2)23-29-19/h4,7,15-16H,3,5-6,8-13H2,1-2H3/t15-,20-/m1/s1. The Hall–Kier alpha value is -2.26.